The van der Waals surface area contributed by atoms with E-state index < -0.39 is 0 Å². The molecular weight excluding hydrogens is 342 g/mol. The van der Waals surface area contributed by atoms with Gasteiger partial charge in [-0.3, -0.25) is 19.3 Å². The Balaban J connectivity index is 1.47. The minimum absolute atomic E-state index is 0.0865. The highest BCUT2D eigenvalue weighted by atomic mass is 16.2. The number of nitrogens with one attached hydrogen (secondary N) is 1. The van der Waals surface area contributed by atoms with Crippen molar-refractivity contribution in [2.24, 2.45) is 0 Å². The van der Waals surface area contributed by atoms with Gasteiger partial charge in [0.05, 0.1) is 0 Å². The minimum atomic E-state index is -0.271. The van der Waals surface area contributed by atoms with Crippen LogP contribution in [0.25, 0.3) is 10.8 Å². The van der Waals surface area contributed by atoms with Gasteiger partial charge in [0, 0.05) is 55.2 Å². The molecule has 0 bridgehead atoms. The fraction of sp³-hybridized carbons (Fsp3) is 0.381. The summed E-state index contributed by atoms with van der Waals surface area (Å²) in [6.45, 7) is 4.60. The second-order valence-corrected chi connectivity index (χ2v) is 7.22. The Labute approximate surface area is 158 Å². The molecule has 0 radical (unpaired) electrons. The Bertz CT molecular complexity index is 873. The number of amides is 3. The van der Waals surface area contributed by atoms with Gasteiger partial charge in [0.2, 0.25) is 5.91 Å². The highest BCUT2D eigenvalue weighted by Crippen LogP contribution is 2.30. The first-order valence-electron chi connectivity index (χ1n) is 9.46. The zero-order valence-corrected chi connectivity index (χ0v) is 15.4. The van der Waals surface area contributed by atoms with E-state index in [0.29, 0.717) is 30.5 Å². The average Bonchev–Trinajstić information content (AvgIpc) is 2.68. The first-order valence-corrected chi connectivity index (χ1v) is 9.46. The molecule has 3 amide bonds. The monoisotopic (exact) mass is 365 g/mol. The number of carbonyl (C=O) groups is 3. The summed E-state index contributed by atoms with van der Waals surface area (Å²) in [6.07, 6.45) is 0.818. The summed E-state index contributed by atoms with van der Waals surface area (Å²) in [6, 6.07) is 11.2. The molecule has 1 fully saturated rings. The highest BCUT2D eigenvalue weighted by molar-refractivity contribution is 6.25. The smallest absolute Gasteiger partial charge is 0.261 e. The van der Waals surface area contributed by atoms with E-state index >= 15 is 0 Å². The van der Waals surface area contributed by atoms with Gasteiger partial charge < -0.3 is 10.2 Å². The third-order valence-electron chi connectivity index (χ3n) is 5.45. The van der Waals surface area contributed by atoms with Crippen molar-refractivity contribution in [2.75, 3.05) is 26.2 Å². The summed E-state index contributed by atoms with van der Waals surface area (Å²) in [5, 5.41) is 4.90. The SMILES string of the molecule is CC1CNCCN1C(=O)CCCN1C(=O)c2cccc3cccc(c23)C1=O. The van der Waals surface area contributed by atoms with E-state index in [1.807, 2.05) is 36.1 Å². The Hall–Kier alpha value is -2.73. The van der Waals surface area contributed by atoms with Gasteiger partial charge in [0.1, 0.15) is 0 Å². The number of piperazine rings is 1. The van der Waals surface area contributed by atoms with Gasteiger partial charge in [-0.25, -0.2) is 0 Å². The van der Waals surface area contributed by atoms with Crippen LogP contribution in [0.15, 0.2) is 36.4 Å². The maximum Gasteiger partial charge on any atom is 0.261 e. The zero-order valence-electron chi connectivity index (χ0n) is 15.4. The van der Waals surface area contributed by atoms with Crippen LogP contribution in [0.5, 0.6) is 0 Å². The summed E-state index contributed by atoms with van der Waals surface area (Å²) in [5.41, 5.74) is 1.12. The first-order chi connectivity index (χ1) is 13.1. The standard InChI is InChI=1S/C21H23N3O3/c1-14-13-22-10-12-23(14)18(25)9-4-11-24-20(26)16-7-2-5-15-6-3-8-17(19(15)16)21(24)27/h2-3,5-8,14,22H,4,9-13H2,1H3. The molecule has 27 heavy (non-hydrogen) atoms. The van der Waals surface area contributed by atoms with Gasteiger partial charge in [-0.1, -0.05) is 24.3 Å². The molecule has 0 saturated carbocycles. The Morgan fingerprint density at radius 1 is 1.11 bits per heavy atom. The third-order valence-corrected chi connectivity index (χ3v) is 5.45. The van der Waals surface area contributed by atoms with Gasteiger partial charge >= 0.3 is 0 Å². The fourth-order valence-corrected chi connectivity index (χ4v) is 4.03. The molecule has 0 aromatic heterocycles. The molecule has 1 unspecified atom stereocenters. The topological polar surface area (TPSA) is 69.7 Å². The molecule has 2 aromatic carbocycles. The number of hydrogen-bond donors (Lipinski definition) is 1. The van der Waals surface area contributed by atoms with Crippen LogP contribution in [0, 0.1) is 0 Å². The maximum atomic E-state index is 12.8. The molecule has 2 aliphatic rings. The van der Waals surface area contributed by atoms with E-state index in [0.717, 1.165) is 23.9 Å². The van der Waals surface area contributed by atoms with E-state index in [1.54, 1.807) is 12.1 Å². The van der Waals surface area contributed by atoms with Crippen molar-refractivity contribution < 1.29 is 14.4 Å². The predicted molar refractivity (Wildman–Crippen MR) is 103 cm³/mol. The number of carbonyl (C=O) groups excluding carboxylic acids is 3. The van der Waals surface area contributed by atoms with Crippen molar-refractivity contribution in [1.29, 1.82) is 0 Å². The molecule has 0 spiro atoms. The van der Waals surface area contributed by atoms with Gasteiger partial charge in [0.25, 0.3) is 11.8 Å². The van der Waals surface area contributed by atoms with E-state index in [4.69, 9.17) is 0 Å². The van der Waals surface area contributed by atoms with Crippen molar-refractivity contribution in [1.82, 2.24) is 15.1 Å². The van der Waals surface area contributed by atoms with E-state index in [1.165, 1.54) is 4.90 Å². The molecule has 1 atom stereocenters. The Kier molecular flexibility index (Phi) is 4.66. The Morgan fingerprint density at radius 2 is 1.78 bits per heavy atom. The van der Waals surface area contributed by atoms with Crippen molar-refractivity contribution >= 4 is 28.5 Å². The normalized spacial score (nSPS) is 19.7. The van der Waals surface area contributed by atoms with Gasteiger partial charge in [-0.2, -0.15) is 0 Å². The fourth-order valence-electron chi connectivity index (χ4n) is 4.03. The van der Waals surface area contributed by atoms with Crippen LogP contribution in [0.3, 0.4) is 0 Å². The van der Waals surface area contributed by atoms with Crippen LogP contribution >= 0.6 is 0 Å². The van der Waals surface area contributed by atoms with Crippen molar-refractivity contribution in [3.63, 3.8) is 0 Å². The number of imide groups is 1. The number of nitrogens with zero attached hydrogens (tertiary/aromatic N) is 2. The molecule has 6 heteroatoms. The summed E-state index contributed by atoms with van der Waals surface area (Å²) in [4.78, 5) is 41.3. The molecule has 4 rings (SSSR count). The third kappa shape index (κ3) is 3.10. The first kappa shape index (κ1) is 17.7. The lowest BCUT2D eigenvalue weighted by Crippen LogP contribution is -2.52. The number of benzene rings is 2. The van der Waals surface area contributed by atoms with Gasteiger partial charge in [-0.05, 0) is 30.9 Å². The molecule has 0 aliphatic carbocycles. The van der Waals surface area contributed by atoms with Gasteiger partial charge in [0.15, 0.2) is 0 Å². The van der Waals surface area contributed by atoms with Crippen molar-refractivity contribution in [3.8, 4) is 0 Å². The van der Waals surface area contributed by atoms with Crippen LogP contribution < -0.4 is 5.32 Å². The van der Waals surface area contributed by atoms with E-state index in [9.17, 15) is 14.4 Å². The summed E-state index contributed by atoms with van der Waals surface area (Å²) in [7, 11) is 0. The molecule has 140 valence electrons. The molecule has 2 aliphatic heterocycles. The minimum Gasteiger partial charge on any atom is -0.337 e. The lowest BCUT2D eigenvalue weighted by Gasteiger charge is -2.34. The molecule has 2 aromatic rings. The summed E-state index contributed by atoms with van der Waals surface area (Å²) in [5.74, 6) is -0.456. The molecule has 2 heterocycles. The lowest BCUT2D eigenvalue weighted by atomic mass is 9.94. The quantitative estimate of drug-likeness (QED) is 0.842. The molecular formula is C21H23N3O3. The van der Waals surface area contributed by atoms with Crippen LogP contribution in [-0.4, -0.2) is 59.7 Å². The van der Waals surface area contributed by atoms with Crippen LogP contribution in [-0.2, 0) is 4.79 Å². The largest absolute Gasteiger partial charge is 0.337 e. The van der Waals surface area contributed by atoms with E-state index in [-0.39, 0.29) is 30.3 Å². The average molecular weight is 365 g/mol. The number of hydrogen-bond acceptors (Lipinski definition) is 4. The summed E-state index contributed by atoms with van der Waals surface area (Å²) >= 11 is 0. The highest BCUT2D eigenvalue weighted by Gasteiger charge is 2.32. The molecule has 1 saturated heterocycles. The zero-order chi connectivity index (χ0) is 19.0. The number of rotatable bonds is 4. The molecule has 1 N–H and O–H groups in total. The van der Waals surface area contributed by atoms with Crippen LogP contribution in [0.2, 0.25) is 0 Å². The van der Waals surface area contributed by atoms with E-state index in [2.05, 4.69) is 5.32 Å². The predicted octanol–water partition coefficient (Wildman–Crippen LogP) is 2.04. The molecule has 6 nitrogen and oxygen atoms in total. The lowest BCUT2D eigenvalue weighted by molar-refractivity contribution is -0.134. The summed E-state index contributed by atoms with van der Waals surface area (Å²) < 4.78 is 0. The second-order valence-electron chi connectivity index (χ2n) is 7.22. The van der Waals surface area contributed by atoms with Crippen LogP contribution in [0.4, 0.5) is 0 Å². The van der Waals surface area contributed by atoms with Crippen molar-refractivity contribution in [2.45, 2.75) is 25.8 Å². The van der Waals surface area contributed by atoms with Crippen LogP contribution in [0.1, 0.15) is 40.5 Å². The van der Waals surface area contributed by atoms with Gasteiger partial charge in [-0.15, -0.1) is 0 Å². The Morgan fingerprint density at radius 3 is 2.41 bits per heavy atom. The maximum absolute atomic E-state index is 12.8. The second kappa shape index (κ2) is 7.12. The van der Waals surface area contributed by atoms with Crippen molar-refractivity contribution in [3.05, 3.63) is 47.5 Å².